The smallest absolute Gasteiger partial charge is 0.271 e. The van der Waals surface area contributed by atoms with Crippen LogP contribution in [0.4, 0.5) is 0 Å². The molecule has 0 bridgehead atoms. The highest BCUT2D eigenvalue weighted by atomic mass is 35.5. The van der Waals surface area contributed by atoms with Crippen LogP contribution in [-0.2, 0) is 0 Å². The zero-order chi connectivity index (χ0) is 21.9. The zero-order valence-corrected chi connectivity index (χ0v) is 18.0. The predicted molar refractivity (Wildman–Crippen MR) is 118 cm³/mol. The summed E-state index contributed by atoms with van der Waals surface area (Å²) in [6, 6.07) is 8.29. The average Bonchev–Trinajstić information content (AvgIpc) is 2.73. The van der Waals surface area contributed by atoms with Gasteiger partial charge in [-0.1, -0.05) is 24.3 Å². The molecule has 0 atom stereocenters. The fourth-order valence-electron chi connectivity index (χ4n) is 2.52. The van der Waals surface area contributed by atoms with Gasteiger partial charge in [-0.05, 0) is 49.7 Å². The van der Waals surface area contributed by atoms with Gasteiger partial charge in [-0.2, -0.15) is 5.10 Å². The SMILES string of the molecule is C=CCOc1c(Cl)cc(/C=N/NC(=O)c2ccc(OC)c(OCC)c2)cc1OCC. The van der Waals surface area contributed by atoms with Crippen molar-refractivity contribution in [3.63, 3.8) is 0 Å². The molecule has 1 N–H and O–H groups in total. The van der Waals surface area contributed by atoms with Crippen molar-refractivity contribution in [3.05, 3.63) is 59.1 Å². The molecule has 0 aromatic heterocycles. The van der Waals surface area contributed by atoms with Crippen molar-refractivity contribution in [1.82, 2.24) is 5.43 Å². The Morgan fingerprint density at radius 3 is 2.50 bits per heavy atom. The molecule has 8 heteroatoms. The second-order valence-corrected chi connectivity index (χ2v) is 6.27. The minimum atomic E-state index is -0.392. The van der Waals surface area contributed by atoms with E-state index in [1.807, 2.05) is 13.8 Å². The molecule has 0 aliphatic carbocycles. The Morgan fingerprint density at radius 1 is 1.10 bits per heavy atom. The van der Waals surface area contributed by atoms with E-state index in [4.69, 9.17) is 30.5 Å². The van der Waals surface area contributed by atoms with Gasteiger partial charge in [-0.3, -0.25) is 4.79 Å². The van der Waals surface area contributed by atoms with E-state index in [0.717, 1.165) is 0 Å². The second-order valence-electron chi connectivity index (χ2n) is 5.86. The third-order valence-electron chi connectivity index (χ3n) is 3.78. The van der Waals surface area contributed by atoms with Crippen molar-refractivity contribution in [2.24, 2.45) is 5.10 Å². The lowest BCUT2D eigenvalue weighted by Crippen LogP contribution is -2.17. The van der Waals surface area contributed by atoms with E-state index in [1.165, 1.54) is 13.3 Å². The van der Waals surface area contributed by atoms with Crippen molar-refractivity contribution in [2.45, 2.75) is 13.8 Å². The van der Waals surface area contributed by atoms with Gasteiger partial charge in [0.1, 0.15) is 6.61 Å². The number of hydrazone groups is 1. The van der Waals surface area contributed by atoms with Gasteiger partial charge >= 0.3 is 0 Å². The van der Waals surface area contributed by atoms with Crippen LogP contribution in [0.1, 0.15) is 29.8 Å². The highest BCUT2D eigenvalue weighted by Crippen LogP contribution is 2.36. The van der Waals surface area contributed by atoms with Crippen LogP contribution in [-0.4, -0.2) is 39.1 Å². The number of ether oxygens (including phenoxy) is 4. The predicted octanol–water partition coefficient (Wildman–Crippen LogP) is 4.47. The number of benzene rings is 2. The number of nitrogens with one attached hydrogen (secondary N) is 1. The molecule has 0 fully saturated rings. The third kappa shape index (κ3) is 6.15. The molecule has 7 nitrogen and oxygen atoms in total. The number of halogens is 1. The van der Waals surface area contributed by atoms with Gasteiger partial charge in [0.25, 0.3) is 5.91 Å². The van der Waals surface area contributed by atoms with E-state index < -0.39 is 5.91 Å². The molecule has 0 radical (unpaired) electrons. The average molecular weight is 433 g/mol. The first-order valence-electron chi connectivity index (χ1n) is 9.38. The summed E-state index contributed by atoms with van der Waals surface area (Å²) in [6.07, 6.45) is 3.09. The summed E-state index contributed by atoms with van der Waals surface area (Å²) in [6.45, 7) is 8.53. The number of carbonyl (C=O) groups excluding carboxylic acids is 1. The van der Waals surface area contributed by atoms with Crippen molar-refractivity contribution in [2.75, 3.05) is 26.9 Å². The van der Waals surface area contributed by atoms with Crippen LogP contribution in [0, 0.1) is 0 Å². The molecule has 0 heterocycles. The van der Waals surface area contributed by atoms with E-state index in [1.54, 1.807) is 36.4 Å². The molecule has 160 valence electrons. The summed E-state index contributed by atoms with van der Waals surface area (Å²) >= 11 is 6.31. The Balaban J connectivity index is 2.15. The van der Waals surface area contributed by atoms with Crippen LogP contribution in [0.3, 0.4) is 0 Å². The number of hydrogen-bond acceptors (Lipinski definition) is 6. The van der Waals surface area contributed by atoms with E-state index in [2.05, 4.69) is 17.1 Å². The topological polar surface area (TPSA) is 78.4 Å². The van der Waals surface area contributed by atoms with Gasteiger partial charge < -0.3 is 18.9 Å². The molecule has 2 aromatic rings. The Hall–Kier alpha value is -3.19. The van der Waals surface area contributed by atoms with Gasteiger partial charge in [0.05, 0.1) is 31.6 Å². The van der Waals surface area contributed by atoms with Crippen molar-refractivity contribution in [3.8, 4) is 23.0 Å². The van der Waals surface area contributed by atoms with Crippen LogP contribution >= 0.6 is 11.6 Å². The highest BCUT2D eigenvalue weighted by molar-refractivity contribution is 6.32. The molecule has 30 heavy (non-hydrogen) atoms. The lowest BCUT2D eigenvalue weighted by atomic mass is 10.2. The molecule has 2 aromatic carbocycles. The molecular formula is C22H25ClN2O5. The second kappa shape index (κ2) is 11.7. The van der Waals surface area contributed by atoms with E-state index in [9.17, 15) is 4.79 Å². The molecular weight excluding hydrogens is 408 g/mol. The van der Waals surface area contributed by atoms with Crippen LogP contribution in [0.5, 0.6) is 23.0 Å². The van der Waals surface area contributed by atoms with Crippen LogP contribution in [0.25, 0.3) is 0 Å². The largest absolute Gasteiger partial charge is 0.493 e. The molecule has 0 unspecified atom stereocenters. The number of nitrogens with zero attached hydrogens (tertiary/aromatic N) is 1. The Labute approximate surface area is 181 Å². The quantitative estimate of drug-likeness (QED) is 0.322. The number of methoxy groups -OCH3 is 1. The summed E-state index contributed by atoms with van der Waals surface area (Å²) in [5, 5.41) is 4.37. The van der Waals surface area contributed by atoms with Crippen molar-refractivity contribution >= 4 is 23.7 Å². The third-order valence-corrected chi connectivity index (χ3v) is 4.06. The van der Waals surface area contributed by atoms with Gasteiger partial charge in [-0.25, -0.2) is 5.43 Å². The maximum atomic E-state index is 12.4. The summed E-state index contributed by atoms with van der Waals surface area (Å²) in [4.78, 5) is 12.4. The standard InChI is InChI=1S/C22H25ClN2O5/c1-5-10-30-21-17(23)11-15(12-20(21)29-7-3)14-24-25-22(26)16-8-9-18(27-4)19(13-16)28-6-2/h5,8-9,11-14H,1,6-7,10H2,2-4H3,(H,25,26)/b24-14+. The Bertz CT molecular complexity index is 915. The number of amides is 1. The fraction of sp³-hybridized carbons (Fsp3) is 0.273. The summed E-state index contributed by atoms with van der Waals surface area (Å²) in [5.74, 6) is 1.56. The molecule has 0 spiro atoms. The van der Waals surface area contributed by atoms with Gasteiger partial charge in [0.15, 0.2) is 23.0 Å². The lowest BCUT2D eigenvalue weighted by Gasteiger charge is -2.13. The summed E-state index contributed by atoms with van der Waals surface area (Å²) < 4.78 is 21.9. The monoisotopic (exact) mass is 432 g/mol. The number of hydrogen-bond donors (Lipinski definition) is 1. The van der Waals surface area contributed by atoms with E-state index in [-0.39, 0.29) is 0 Å². The maximum Gasteiger partial charge on any atom is 0.271 e. The van der Waals surface area contributed by atoms with Gasteiger partial charge in [0, 0.05) is 5.56 Å². The summed E-state index contributed by atoms with van der Waals surface area (Å²) in [7, 11) is 1.54. The van der Waals surface area contributed by atoms with Crippen LogP contribution in [0.15, 0.2) is 48.1 Å². The lowest BCUT2D eigenvalue weighted by molar-refractivity contribution is 0.0954. The van der Waals surface area contributed by atoms with E-state index in [0.29, 0.717) is 59.0 Å². The first-order chi connectivity index (χ1) is 14.5. The maximum absolute atomic E-state index is 12.4. The Kier molecular flexibility index (Phi) is 9.03. The molecule has 0 saturated carbocycles. The molecule has 0 saturated heterocycles. The highest BCUT2D eigenvalue weighted by Gasteiger charge is 2.13. The Morgan fingerprint density at radius 2 is 1.83 bits per heavy atom. The summed E-state index contributed by atoms with van der Waals surface area (Å²) in [5.41, 5.74) is 3.50. The fourth-order valence-corrected chi connectivity index (χ4v) is 2.80. The zero-order valence-electron chi connectivity index (χ0n) is 17.2. The minimum absolute atomic E-state index is 0.300. The first-order valence-corrected chi connectivity index (χ1v) is 9.76. The molecule has 0 aliphatic heterocycles. The molecule has 0 aliphatic rings. The normalized spacial score (nSPS) is 10.5. The number of rotatable bonds is 11. The van der Waals surface area contributed by atoms with Crippen molar-refractivity contribution < 1.29 is 23.7 Å². The van der Waals surface area contributed by atoms with E-state index >= 15 is 0 Å². The molecule has 1 amide bonds. The van der Waals surface area contributed by atoms with Crippen molar-refractivity contribution in [1.29, 1.82) is 0 Å². The minimum Gasteiger partial charge on any atom is -0.493 e. The molecule has 2 rings (SSSR count). The van der Waals surface area contributed by atoms with Crippen LogP contribution in [0.2, 0.25) is 5.02 Å². The van der Waals surface area contributed by atoms with Gasteiger partial charge in [0.2, 0.25) is 0 Å². The first kappa shape index (κ1) is 23.1. The number of carbonyl (C=O) groups is 1. The van der Waals surface area contributed by atoms with Gasteiger partial charge in [-0.15, -0.1) is 0 Å². The van der Waals surface area contributed by atoms with Crippen LogP contribution < -0.4 is 24.4 Å².